The van der Waals surface area contributed by atoms with Crippen LogP contribution < -0.4 is 5.32 Å². The van der Waals surface area contributed by atoms with Gasteiger partial charge in [-0.3, -0.25) is 4.98 Å². The molecule has 0 unspecified atom stereocenters. The summed E-state index contributed by atoms with van der Waals surface area (Å²) in [6.45, 7) is 10.4. The molecule has 3 heteroatoms. The third kappa shape index (κ3) is 6.15. The molecule has 1 aliphatic rings. The average molecular weight is 290 g/mol. The van der Waals surface area contributed by atoms with Gasteiger partial charge in [0.1, 0.15) is 0 Å². The van der Waals surface area contributed by atoms with Gasteiger partial charge in [0, 0.05) is 18.3 Å². The van der Waals surface area contributed by atoms with Crippen LogP contribution in [0.25, 0.3) is 0 Å². The van der Waals surface area contributed by atoms with Gasteiger partial charge < -0.3 is 10.1 Å². The Morgan fingerprint density at radius 1 is 1.19 bits per heavy atom. The lowest BCUT2D eigenvalue weighted by atomic mass is 9.89. The molecule has 1 N–H and O–H groups in total. The molecule has 21 heavy (non-hydrogen) atoms. The van der Waals surface area contributed by atoms with Crippen LogP contribution in [-0.2, 0) is 17.9 Å². The number of aromatic nitrogens is 1. The SMILES string of the molecule is CC1CCC(OCc2ccc(CNC(C)(C)C)cn2)CC1. The molecule has 0 radical (unpaired) electrons. The summed E-state index contributed by atoms with van der Waals surface area (Å²) in [5, 5.41) is 3.47. The van der Waals surface area contributed by atoms with E-state index >= 15 is 0 Å². The van der Waals surface area contributed by atoms with Crippen molar-refractivity contribution in [3.63, 3.8) is 0 Å². The number of rotatable bonds is 5. The molecule has 1 aromatic rings. The maximum Gasteiger partial charge on any atom is 0.0891 e. The molecule has 118 valence electrons. The monoisotopic (exact) mass is 290 g/mol. The summed E-state index contributed by atoms with van der Waals surface area (Å²) in [4.78, 5) is 4.51. The molecule has 0 aromatic carbocycles. The summed E-state index contributed by atoms with van der Waals surface area (Å²) in [6, 6.07) is 4.23. The summed E-state index contributed by atoms with van der Waals surface area (Å²) in [7, 11) is 0. The maximum atomic E-state index is 5.99. The van der Waals surface area contributed by atoms with E-state index in [1.165, 1.54) is 31.2 Å². The van der Waals surface area contributed by atoms with Crippen molar-refractivity contribution in [1.29, 1.82) is 0 Å². The molecule has 1 heterocycles. The highest BCUT2D eigenvalue weighted by Gasteiger charge is 2.18. The Kier molecular flexibility index (Phi) is 5.77. The molecule has 1 saturated carbocycles. The van der Waals surface area contributed by atoms with Crippen molar-refractivity contribution in [2.45, 2.75) is 78.2 Å². The van der Waals surface area contributed by atoms with Crippen LogP contribution in [0.2, 0.25) is 0 Å². The Bertz CT molecular complexity index is 414. The van der Waals surface area contributed by atoms with Gasteiger partial charge in [0.25, 0.3) is 0 Å². The highest BCUT2D eigenvalue weighted by atomic mass is 16.5. The normalized spacial score (nSPS) is 23.2. The van der Waals surface area contributed by atoms with Crippen LogP contribution >= 0.6 is 0 Å². The van der Waals surface area contributed by atoms with E-state index in [2.05, 4.69) is 50.1 Å². The Hall–Kier alpha value is -0.930. The van der Waals surface area contributed by atoms with Crippen molar-refractivity contribution >= 4 is 0 Å². The van der Waals surface area contributed by atoms with Crippen molar-refractivity contribution in [3.05, 3.63) is 29.6 Å². The highest BCUT2D eigenvalue weighted by molar-refractivity contribution is 5.13. The van der Waals surface area contributed by atoms with E-state index in [9.17, 15) is 0 Å². The van der Waals surface area contributed by atoms with Crippen LogP contribution in [0.1, 0.15) is 64.6 Å². The third-order valence-electron chi connectivity index (χ3n) is 4.14. The molecule has 1 aliphatic carbocycles. The summed E-state index contributed by atoms with van der Waals surface area (Å²) in [5.41, 5.74) is 2.40. The molecule has 2 rings (SSSR count). The average Bonchev–Trinajstić information content (AvgIpc) is 2.45. The van der Waals surface area contributed by atoms with Gasteiger partial charge in [-0.1, -0.05) is 13.0 Å². The molecule has 0 atom stereocenters. The van der Waals surface area contributed by atoms with E-state index in [1.807, 2.05) is 6.20 Å². The van der Waals surface area contributed by atoms with Gasteiger partial charge in [-0.05, 0) is 64.0 Å². The zero-order valence-corrected chi connectivity index (χ0v) is 14.0. The zero-order chi connectivity index (χ0) is 15.3. The fourth-order valence-corrected chi connectivity index (χ4v) is 2.61. The summed E-state index contributed by atoms with van der Waals surface area (Å²) in [5.74, 6) is 0.873. The fraction of sp³-hybridized carbons (Fsp3) is 0.722. The maximum absolute atomic E-state index is 5.99. The van der Waals surface area contributed by atoms with Gasteiger partial charge in [-0.25, -0.2) is 0 Å². The quantitative estimate of drug-likeness (QED) is 0.887. The standard InChI is InChI=1S/C18H30N2O/c1-14-5-9-17(10-6-14)21-13-16-8-7-15(11-19-16)12-20-18(2,3)4/h7-8,11,14,17,20H,5-6,9-10,12-13H2,1-4H3. The Labute approximate surface area is 129 Å². The number of pyridine rings is 1. The number of ether oxygens (including phenoxy) is 1. The van der Waals surface area contributed by atoms with Crippen LogP contribution in [0, 0.1) is 5.92 Å². The van der Waals surface area contributed by atoms with E-state index in [0.717, 1.165) is 18.2 Å². The largest absolute Gasteiger partial charge is 0.372 e. The minimum atomic E-state index is 0.139. The number of hydrogen-bond acceptors (Lipinski definition) is 3. The van der Waals surface area contributed by atoms with Crippen LogP contribution in [0.5, 0.6) is 0 Å². The van der Waals surface area contributed by atoms with Crippen molar-refractivity contribution in [2.75, 3.05) is 0 Å². The topological polar surface area (TPSA) is 34.1 Å². The third-order valence-corrected chi connectivity index (χ3v) is 4.14. The molecule has 0 saturated heterocycles. The molecule has 0 bridgehead atoms. The van der Waals surface area contributed by atoms with Crippen LogP contribution in [0.15, 0.2) is 18.3 Å². The Balaban J connectivity index is 1.74. The lowest BCUT2D eigenvalue weighted by molar-refractivity contribution is 0.00727. The molecular formula is C18H30N2O. The molecular weight excluding hydrogens is 260 g/mol. The van der Waals surface area contributed by atoms with E-state index < -0.39 is 0 Å². The number of hydrogen-bond donors (Lipinski definition) is 1. The second kappa shape index (κ2) is 7.37. The summed E-state index contributed by atoms with van der Waals surface area (Å²) in [6.07, 6.45) is 7.40. The lowest BCUT2D eigenvalue weighted by Gasteiger charge is -2.26. The van der Waals surface area contributed by atoms with Crippen LogP contribution in [-0.4, -0.2) is 16.6 Å². The van der Waals surface area contributed by atoms with E-state index in [4.69, 9.17) is 4.74 Å². The number of nitrogens with one attached hydrogen (secondary N) is 1. The predicted molar refractivity (Wildman–Crippen MR) is 87.0 cm³/mol. The first-order chi connectivity index (χ1) is 9.92. The first kappa shape index (κ1) is 16.4. The van der Waals surface area contributed by atoms with Crippen molar-refractivity contribution in [2.24, 2.45) is 5.92 Å². The van der Waals surface area contributed by atoms with Gasteiger partial charge in [-0.15, -0.1) is 0 Å². The van der Waals surface area contributed by atoms with Gasteiger partial charge in [0.15, 0.2) is 0 Å². The van der Waals surface area contributed by atoms with E-state index in [0.29, 0.717) is 12.7 Å². The predicted octanol–water partition coefficient (Wildman–Crippen LogP) is 4.07. The Morgan fingerprint density at radius 3 is 2.48 bits per heavy atom. The van der Waals surface area contributed by atoms with Gasteiger partial charge in [0.05, 0.1) is 18.4 Å². The van der Waals surface area contributed by atoms with Gasteiger partial charge in [-0.2, -0.15) is 0 Å². The van der Waals surface area contributed by atoms with Crippen molar-refractivity contribution in [1.82, 2.24) is 10.3 Å². The van der Waals surface area contributed by atoms with Gasteiger partial charge in [0.2, 0.25) is 0 Å². The van der Waals surface area contributed by atoms with Gasteiger partial charge >= 0.3 is 0 Å². The van der Waals surface area contributed by atoms with Crippen molar-refractivity contribution < 1.29 is 4.74 Å². The zero-order valence-electron chi connectivity index (χ0n) is 14.0. The summed E-state index contributed by atoms with van der Waals surface area (Å²) >= 11 is 0. The van der Waals surface area contributed by atoms with Crippen LogP contribution in [0.3, 0.4) is 0 Å². The first-order valence-electron chi connectivity index (χ1n) is 8.23. The molecule has 3 nitrogen and oxygen atoms in total. The minimum absolute atomic E-state index is 0.139. The minimum Gasteiger partial charge on any atom is -0.372 e. The second-order valence-electron chi connectivity index (χ2n) is 7.45. The molecule has 1 fully saturated rings. The highest BCUT2D eigenvalue weighted by Crippen LogP contribution is 2.26. The first-order valence-corrected chi connectivity index (χ1v) is 8.23. The fourth-order valence-electron chi connectivity index (χ4n) is 2.61. The number of nitrogens with zero attached hydrogens (tertiary/aromatic N) is 1. The van der Waals surface area contributed by atoms with E-state index in [-0.39, 0.29) is 5.54 Å². The van der Waals surface area contributed by atoms with Crippen LogP contribution in [0.4, 0.5) is 0 Å². The summed E-state index contributed by atoms with van der Waals surface area (Å²) < 4.78 is 5.99. The second-order valence-corrected chi connectivity index (χ2v) is 7.45. The molecule has 1 aromatic heterocycles. The Morgan fingerprint density at radius 2 is 1.90 bits per heavy atom. The van der Waals surface area contributed by atoms with Crippen molar-refractivity contribution in [3.8, 4) is 0 Å². The molecule has 0 amide bonds. The molecule has 0 aliphatic heterocycles. The molecule has 0 spiro atoms. The van der Waals surface area contributed by atoms with E-state index in [1.54, 1.807) is 0 Å². The lowest BCUT2D eigenvalue weighted by Crippen LogP contribution is -2.35. The smallest absolute Gasteiger partial charge is 0.0891 e.